The van der Waals surface area contributed by atoms with Crippen LogP contribution in [-0.4, -0.2) is 91.6 Å². The summed E-state index contributed by atoms with van der Waals surface area (Å²) in [7, 11) is 4.60. The van der Waals surface area contributed by atoms with E-state index in [0.29, 0.717) is 36.7 Å². The van der Waals surface area contributed by atoms with Gasteiger partial charge in [0.15, 0.2) is 23.0 Å². The maximum absolute atomic E-state index is 12.6. The number of methoxy groups -OCH3 is 3. The number of benzene rings is 2. The van der Waals surface area contributed by atoms with Crippen LogP contribution in [0.5, 0.6) is 23.0 Å². The molecule has 7 atom stereocenters. The van der Waals surface area contributed by atoms with Crippen molar-refractivity contribution in [3.05, 3.63) is 47.5 Å². The summed E-state index contributed by atoms with van der Waals surface area (Å²) in [6.07, 6.45) is -6.02. The molecule has 0 amide bonds. The highest BCUT2D eigenvalue weighted by Gasteiger charge is 2.45. The summed E-state index contributed by atoms with van der Waals surface area (Å²) < 4.78 is 32.7. The van der Waals surface area contributed by atoms with Gasteiger partial charge in [0.2, 0.25) is 6.29 Å². The van der Waals surface area contributed by atoms with E-state index in [1.54, 1.807) is 32.4 Å². The van der Waals surface area contributed by atoms with Crippen molar-refractivity contribution in [1.82, 2.24) is 0 Å². The summed E-state index contributed by atoms with van der Waals surface area (Å²) in [6, 6.07) is 10.8. The van der Waals surface area contributed by atoms with Crippen molar-refractivity contribution in [1.29, 1.82) is 0 Å². The topological polar surface area (TPSA) is 153 Å². The van der Waals surface area contributed by atoms with Crippen molar-refractivity contribution in [2.75, 3.05) is 34.5 Å². The molecular formula is C27H34O11. The third kappa shape index (κ3) is 5.82. The van der Waals surface area contributed by atoms with E-state index in [-0.39, 0.29) is 23.6 Å². The highest BCUT2D eigenvalue weighted by molar-refractivity contribution is 5.75. The van der Waals surface area contributed by atoms with Crippen molar-refractivity contribution in [2.24, 2.45) is 11.8 Å². The molecule has 0 unspecified atom stereocenters. The lowest BCUT2D eigenvalue weighted by Crippen LogP contribution is -2.60. The maximum atomic E-state index is 12.6. The summed E-state index contributed by atoms with van der Waals surface area (Å²) >= 11 is 0. The van der Waals surface area contributed by atoms with Crippen molar-refractivity contribution in [3.63, 3.8) is 0 Å². The number of cyclic esters (lactones) is 1. The second-order valence-electron chi connectivity index (χ2n) is 9.39. The second-order valence-corrected chi connectivity index (χ2v) is 9.39. The molecule has 2 aliphatic rings. The second kappa shape index (κ2) is 12.2. The zero-order valence-corrected chi connectivity index (χ0v) is 21.5. The van der Waals surface area contributed by atoms with Gasteiger partial charge in [0, 0.05) is 5.92 Å². The van der Waals surface area contributed by atoms with Crippen molar-refractivity contribution >= 4 is 5.97 Å². The molecule has 2 fully saturated rings. The largest absolute Gasteiger partial charge is 0.493 e. The molecule has 0 radical (unpaired) electrons. The highest BCUT2D eigenvalue weighted by atomic mass is 16.7. The van der Waals surface area contributed by atoms with Crippen LogP contribution in [0.25, 0.3) is 0 Å². The fourth-order valence-electron chi connectivity index (χ4n) is 4.85. The molecule has 0 aromatic heterocycles. The number of aliphatic hydroxyl groups excluding tert-OH is 4. The Kier molecular flexibility index (Phi) is 8.95. The minimum atomic E-state index is -1.56. The molecule has 0 saturated carbocycles. The minimum Gasteiger partial charge on any atom is -0.493 e. The molecular weight excluding hydrogens is 500 g/mol. The van der Waals surface area contributed by atoms with Crippen LogP contribution in [0.1, 0.15) is 11.1 Å². The summed E-state index contributed by atoms with van der Waals surface area (Å²) in [5, 5.41) is 39.7. The Labute approximate surface area is 220 Å². The molecule has 2 aromatic carbocycles. The Morgan fingerprint density at radius 1 is 0.816 bits per heavy atom. The van der Waals surface area contributed by atoms with Crippen molar-refractivity contribution < 1.29 is 53.6 Å². The van der Waals surface area contributed by atoms with E-state index in [9.17, 15) is 25.2 Å². The zero-order valence-electron chi connectivity index (χ0n) is 21.5. The monoisotopic (exact) mass is 534 g/mol. The smallest absolute Gasteiger partial charge is 0.309 e. The average Bonchev–Trinajstić information content (AvgIpc) is 3.27. The van der Waals surface area contributed by atoms with Crippen LogP contribution in [0.2, 0.25) is 0 Å². The van der Waals surface area contributed by atoms with Gasteiger partial charge in [-0.15, -0.1) is 0 Å². The molecule has 2 heterocycles. The van der Waals surface area contributed by atoms with Crippen LogP contribution < -0.4 is 18.9 Å². The van der Waals surface area contributed by atoms with E-state index in [2.05, 4.69) is 0 Å². The number of hydrogen-bond donors (Lipinski definition) is 4. The lowest BCUT2D eigenvalue weighted by molar-refractivity contribution is -0.277. The lowest BCUT2D eigenvalue weighted by Gasteiger charge is -2.39. The van der Waals surface area contributed by atoms with Crippen LogP contribution in [0.4, 0.5) is 0 Å². The van der Waals surface area contributed by atoms with Gasteiger partial charge in [-0.1, -0.05) is 12.1 Å². The quantitative estimate of drug-likeness (QED) is 0.315. The third-order valence-electron chi connectivity index (χ3n) is 7.03. The van der Waals surface area contributed by atoms with Gasteiger partial charge < -0.3 is 48.8 Å². The normalized spacial score (nSPS) is 29.0. The fraction of sp³-hybridized carbons (Fsp3) is 0.519. The lowest BCUT2D eigenvalue weighted by atomic mass is 9.85. The van der Waals surface area contributed by atoms with E-state index in [1.165, 1.54) is 7.11 Å². The van der Waals surface area contributed by atoms with Gasteiger partial charge in [-0.2, -0.15) is 0 Å². The van der Waals surface area contributed by atoms with E-state index >= 15 is 0 Å². The van der Waals surface area contributed by atoms with Gasteiger partial charge in [0.1, 0.15) is 24.4 Å². The fourth-order valence-corrected chi connectivity index (χ4v) is 4.85. The van der Waals surface area contributed by atoms with Crippen molar-refractivity contribution in [3.8, 4) is 23.0 Å². The standard InChI is InChI=1S/C27H34O11/c1-33-18-6-4-14(10-20(18)34-2)8-16-13-36-26(32)17(16)9-15-5-7-19(21(11-15)35-3)37-27-25(31)24(30)23(29)22(12-28)38-27/h4-7,10-11,16-17,22-25,27-31H,8-9,12-13H2,1-3H3/t16-,17+,22+,23+,24-,25+,27-/m0/s1. The summed E-state index contributed by atoms with van der Waals surface area (Å²) in [5.74, 6) is 1.10. The number of carbonyl (C=O) groups is 1. The Morgan fingerprint density at radius 3 is 2.05 bits per heavy atom. The van der Waals surface area contributed by atoms with E-state index in [0.717, 1.165) is 11.1 Å². The Bertz CT molecular complexity index is 1100. The maximum Gasteiger partial charge on any atom is 0.309 e. The first-order chi connectivity index (χ1) is 18.3. The first kappa shape index (κ1) is 27.9. The summed E-state index contributed by atoms with van der Waals surface area (Å²) in [5.41, 5.74) is 1.81. The summed E-state index contributed by atoms with van der Waals surface area (Å²) in [4.78, 5) is 12.6. The molecule has 2 saturated heterocycles. The zero-order chi connectivity index (χ0) is 27.4. The molecule has 11 nitrogen and oxygen atoms in total. The van der Waals surface area contributed by atoms with Crippen LogP contribution in [0, 0.1) is 11.8 Å². The molecule has 2 aromatic rings. The van der Waals surface area contributed by atoms with Gasteiger partial charge in [-0.05, 0) is 48.2 Å². The van der Waals surface area contributed by atoms with E-state index < -0.39 is 37.3 Å². The molecule has 38 heavy (non-hydrogen) atoms. The highest BCUT2D eigenvalue weighted by Crippen LogP contribution is 2.36. The molecule has 0 spiro atoms. The van der Waals surface area contributed by atoms with Gasteiger partial charge >= 0.3 is 5.97 Å². The Hall–Kier alpha value is -3.09. The molecule has 0 bridgehead atoms. The van der Waals surface area contributed by atoms with Crippen LogP contribution >= 0.6 is 0 Å². The predicted molar refractivity (Wildman–Crippen MR) is 132 cm³/mol. The third-order valence-corrected chi connectivity index (χ3v) is 7.03. The number of aliphatic hydroxyl groups is 4. The number of rotatable bonds is 10. The average molecular weight is 535 g/mol. The summed E-state index contributed by atoms with van der Waals surface area (Å²) in [6.45, 7) is -0.254. The molecule has 0 aliphatic carbocycles. The van der Waals surface area contributed by atoms with Gasteiger partial charge in [0.25, 0.3) is 0 Å². The van der Waals surface area contributed by atoms with Crippen LogP contribution in [-0.2, 0) is 27.1 Å². The number of carbonyl (C=O) groups excluding carboxylic acids is 1. The molecule has 2 aliphatic heterocycles. The van der Waals surface area contributed by atoms with Crippen LogP contribution in [0.3, 0.4) is 0 Å². The predicted octanol–water partition coefficient (Wildman–Crippen LogP) is 0.466. The number of hydrogen-bond acceptors (Lipinski definition) is 11. The Balaban J connectivity index is 1.47. The number of ether oxygens (including phenoxy) is 6. The Morgan fingerprint density at radius 2 is 1.42 bits per heavy atom. The van der Waals surface area contributed by atoms with Gasteiger partial charge in [-0.25, -0.2) is 0 Å². The number of esters is 1. The van der Waals surface area contributed by atoms with Crippen molar-refractivity contribution in [2.45, 2.75) is 43.5 Å². The van der Waals surface area contributed by atoms with E-state index in [4.69, 9.17) is 28.4 Å². The van der Waals surface area contributed by atoms with Crippen LogP contribution in [0.15, 0.2) is 36.4 Å². The van der Waals surface area contributed by atoms with Gasteiger partial charge in [0.05, 0.1) is 40.5 Å². The first-order valence-corrected chi connectivity index (χ1v) is 12.3. The molecule has 4 rings (SSSR count). The minimum absolute atomic E-state index is 0.0448. The van der Waals surface area contributed by atoms with Gasteiger partial charge in [-0.3, -0.25) is 4.79 Å². The first-order valence-electron chi connectivity index (χ1n) is 12.3. The molecule has 4 N–H and O–H groups in total. The SMILES string of the molecule is COc1ccc(C[C@H]2COC(=O)[C@@H]2Cc2ccc(O[C@H]3O[C@H](CO)[C@@H](O)[C@H](O)[C@H]3O)c(OC)c2)cc1OC. The molecule has 11 heteroatoms. The van der Waals surface area contributed by atoms with E-state index in [1.807, 2.05) is 18.2 Å². The molecule has 208 valence electrons.